The van der Waals surface area contributed by atoms with Crippen LogP contribution in [0.15, 0.2) is 0 Å². The first kappa shape index (κ1) is 19.8. The fraction of sp³-hybridized carbons (Fsp3) is 0.923. The van der Waals surface area contributed by atoms with Crippen molar-refractivity contribution >= 4 is 5.97 Å². The van der Waals surface area contributed by atoms with Gasteiger partial charge in [0.2, 0.25) is 0 Å². The maximum Gasteiger partial charge on any atom is 0.309 e. The summed E-state index contributed by atoms with van der Waals surface area (Å²) in [6, 6.07) is -0.845. The Bertz CT molecular complexity index is 287. The third-order valence-corrected chi connectivity index (χ3v) is 4.35. The molecule has 0 bridgehead atoms. The van der Waals surface area contributed by atoms with Crippen LogP contribution in [-0.2, 0) is 4.79 Å². The molecule has 1 radical (unpaired) electrons. The second-order valence-corrected chi connectivity index (χ2v) is 5.44. The van der Waals surface area contributed by atoms with E-state index in [1.54, 1.807) is 0 Å². The van der Waals surface area contributed by atoms with Gasteiger partial charge >= 0.3 is 5.97 Å². The molecule has 0 aromatic rings. The summed E-state index contributed by atoms with van der Waals surface area (Å²) in [5, 5.41) is 19.0. The van der Waals surface area contributed by atoms with Crippen molar-refractivity contribution in [3.8, 4) is 0 Å². The van der Waals surface area contributed by atoms with Crippen molar-refractivity contribution in [2.75, 3.05) is 0 Å². The van der Waals surface area contributed by atoms with Gasteiger partial charge in [0.1, 0.15) is 0 Å². The topological polar surface area (TPSA) is 107 Å². The largest absolute Gasteiger partial charge is 0.674 e. The molecule has 1 aliphatic carbocycles. The fourth-order valence-corrected chi connectivity index (χ4v) is 3.03. The molecule has 0 heterocycles. The zero-order chi connectivity index (χ0) is 13.9. The summed E-state index contributed by atoms with van der Waals surface area (Å²) in [4.78, 5) is 11.0. The molecule has 5 unspecified atom stereocenters. The molecule has 5 N–H and O–H groups in total. The summed E-state index contributed by atoms with van der Waals surface area (Å²) in [7, 11) is 0. The van der Waals surface area contributed by atoms with Crippen LogP contribution < -0.4 is 5.73 Å². The molecule has 5 nitrogen and oxygen atoms in total. The molecular formula is C13H25AcN2O3-. The third kappa shape index (κ3) is 4.93. The van der Waals surface area contributed by atoms with Gasteiger partial charge in [-0.2, -0.15) is 0 Å². The molecule has 0 aromatic carbocycles. The molecule has 1 saturated carbocycles. The molecule has 0 spiro atoms. The van der Waals surface area contributed by atoms with Gasteiger partial charge in [-0.25, -0.2) is 0 Å². The second kappa shape index (κ2) is 8.94. The average Bonchev–Trinajstić information content (AvgIpc) is 2.61. The van der Waals surface area contributed by atoms with Gasteiger partial charge in [0.15, 0.2) is 0 Å². The number of carboxylic acid groups (broad SMARTS) is 1. The normalized spacial score (nSPS) is 32.1. The van der Waals surface area contributed by atoms with Crippen molar-refractivity contribution in [1.29, 1.82) is 0 Å². The van der Waals surface area contributed by atoms with Gasteiger partial charge in [-0.05, 0) is 18.3 Å². The third-order valence-electron chi connectivity index (χ3n) is 4.35. The maximum absolute atomic E-state index is 11.0. The minimum Gasteiger partial charge on any atom is -0.674 e. The summed E-state index contributed by atoms with van der Waals surface area (Å²) in [6.07, 6.45) is 2.00. The first-order chi connectivity index (χ1) is 8.42. The molecule has 0 saturated heterocycles. The molecule has 109 valence electrons. The molecule has 0 aliphatic heterocycles. The van der Waals surface area contributed by atoms with Crippen LogP contribution in [0.4, 0.5) is 0 Å². The van der Waals surface area contributed by atoms with Crippen LogP contribution in [0.3, 0.4) is 0 Å². The molecule has 6 heteroatoms. The summed E-state index contributed by atoms with van der Waals surface area (Å²) < 4.78 is 0. The van der Waals surface area contributed by atoms with Gasteiger partial charge < -0.3 is 21.7 Å². The Kier molecular flexibility index (Phi) is 9.31. The van der Waals surface area contributed by atoms with E-state index in [-0.39, 0.29) is 56.5 Å². The maximum atomic E-state index is 11.0. The van der Waals surface area contributed by atoms with Crippen molar-refractivity contribution in [3.63, 3.8) is 0 Å². The molecule has 0 aromatic heterocycles. The van der Waals surface area contributed by atoms with Crippen molar-refractivity contribution in [2.24, 2.45) is 23.5 Å². The minimum absolute atomic E-state index is 0. The summed E-state index contributed by atoms with van der Waals surface area (Å²) >= 11 is 0. The number of rotatable bonds is 6. The smallest absolute Gasteiger partial charge is 0.309 e. The van der Waals surface area contributed by atoms with Gasteiger partial charge in [0.25, 0.3) is 0 Å². The number of aliphatic hydroxyl groups is 1. The second-order valence-electron chi connectivity index (χ2n) is 5.44. The Morgan fingerprint density at radius 1 is 1.42 bits per heavy atom. The zero-order valence-corrected chi connectivity index (χ0v) is 16.5. The van der Waals surface area contributed by atoms with E-state index in [1.165, 1.54) is 0 Å². The quantitative estimate of drug-likeness (QED) is 0.533. The van der Waals surface area contributed by atoms with Crippen LogP contribution in [0.5, 0.6) is 0 Å². The first-order valence-corrected chi connectivity index (χ1v) is 6.79. The van der Waals surface area contributed by atoms with Crippen LogP contribution in [0.2, 0.25) is 0 Å². The number of nitrogens with two attached hydrogens (primary N) is 1. The number of carbonyl (C=O) groups is 1. The average molecular weight is 484 g/mol. The molecular weight excluding hydrogens is 459 g/mol. The molecule has 0 amide bonds. The monoisotopic (exact) mass is 484 g/mol. The van der Waals surface area contributed by atoms with Gasteiger partial charge in [-0.15, -0.1) is 6.04 Å². The summed E-state index contributed by atoms with van der Waals surface area (Å²) in [6.45, 7) is 4.18. The van der Waals surface area contributed by atoms with Gasteiger partial charge in [0.05, 0.1) is 12.0 Å². The standard InChI is InChI=1S/C13H25N2O3.Ac/c1-3-7(4-2)5-9(14)11-10(15)6-8(12(11)16)13(17)18;/h7-12,14,16H,3-6,15H2,1-2H3,(H,17,18);/q-1;. The first-order valence-electron chi connectivity index (χ1n) is 6.79. The Morgan fingerprint density at radius 2 is 1.95 bits per heavy atom. The minimum atomic E-state index is -1.00. The predicted octanol–water partition coefficient (Wildman–Crippen LogP) is 1.64. The van der Waals surface area contributed by atoms with Crippen LogP contribution in [0, 0.1) is 61.8 Å². The molecule has 19 heavy (non-hydrogen) atoms. The Hall–Kier alpha value is 0.792. The number of aliphatic hydroxyl groups excluding tert-OH is 1. The van der Waals surface area contributed by atoms with E-state index in [1.807, 2.05) is 0 Å². The van der Waals surface area contributed by atoms with Crippen molar-refractivity contribution in [2.45, 2.75) is 57.7 Å². The molecule has 1 rings (SSSR count). The van der Waals surface area contributed by atoms with E-state index < -0.39 is 30.0 Å². The zero-order valence-electron chi connectivity index (χ0n) is 11.7. The SMILES string of the molecule is CCC(CC)CC([NH-])C1C(N)CC(C(=O)O)C1O.[Ac]. The van der Waals surface area contributed by atoms with Crippen molar-refractivity contribution in [1.82, 2.24) is 0 Å². The number of hydrogen-bond acceptors (Lipinski definition) is 3. The van der Waals surface area contributed by atoms with E-state index >= 15 is 0 Å². The Morgan fingerprint density at radius 3 is 2.32 bits per heavy atom. The van der Waals surface area contributed by atoms with Crippen LogP contribution in [-0.4, -0.2) is 34.4 Å². The Labute approximate surface area is 151 Å². The van der Waals surface area contributed by atoms with E-state index in [4.69, 9.17) is 16.6 Å². The molecule has 1 aliphatic rings. The van der Waals surface area contributed by atoms with Crippen LogP contribution in [0.1, 0.15) is 39.5 Å². The van der Waals surface area contributed by atoms with Gasteiger partial charge in [-0.1, -0.05) is 33.1 Å². The van der Waals surface area contributed by atoms with Crippen LogP contribution in [0.25, 0.3) is 5.73 Å². The van der Waals surface area contributed by atoms with Crippen LogP contribution >= 0.6 is 0 Å². The number of carboxylic acids is 1. The summed E-state index contributed by atoms with van der Waals surface area (Å²) in [5.74, 6) is -1.77. The van der Waals surface area contributed by atoms with E-state index in [9.17, 15) is 9.90 Å². The van der Waals surface area contributed by atoms with E-state index in [2.05, 4.69) is 13.8 Å². The molecule has 5 atom stereocenters. The number of hydrogen-bond donors (Lipinski definition) is 3. The number of aliphatic carboxylic acids is 1. The predicted molar refractivity (Wildman–Crippen MR) is 70.0 cm³/mol. The number of nitrogens with one attached hydrogen (secondary N) is 1. The van der Waals surface area contributed by atoms with Crippen molar-refractivity contribution in [3.05, 3.63) is 5.73 Å². The Balaban J connectivity index is 0.00000324. The summed E-state index contributed by atoms with van der Waals surface area (Å²) in [5.41, 5.74) is 14.1. The fourth-order valence-electron chi connectivity index (χ4n) is 3.03. The van der Waals surface area contributed by atoms with Crippen molar-refractivity contribution < 1.29 is 59.1 Å². The van der Waals surface area contributed by atoms with Gasteiger partial charge in [-0.3, -0.25) is 4.79 Å². The van der Waals surface area contributed by atoms with Gasteiger partial charge in [0, 0.05) is 50.1 Å². The van der Waals surface area contributed by atoms with E-state index in [0.29, 0.717) is 12.3 Å². The molecule has 1 fully saturated rings. The van der Waals surface area contributed by atoms with E-state index in [0.717, 1.165) is 12.8 Å².